The summed E-state index contributed by atoms with van der Waals surface area (Å²) in [7, 11) is 0. The number of hydrogen-bond donors (Lipinski definition) is 0. The molecule has 2 heteroatoms. The van der Waals surface area contributed by atoms with Gasteiger partial charge in [-0.25, -0.2) is 0 Å². The fraction of sp³-hybridized carbons (Fsp3) is 0. The van der Waals surface area contributed by atoms with Crippen LogP contribution in [-0.2, 0) is 0 Å². The first-order valence-corrected chi connectivity index (χ1v) is 18.5. The number of hydrogen-bond acceptors (Lipinski definition) is 1. The Balaban J connectivity index is 1.33. The van der Waals surface area contributed by atoms with Crippen LogP contribution in [-0.4, -0.2) is 4.57 Å². The average Bonchev–Trinajstić information content (AvgIpc) is 3.59. The second-order valence-corrected chi connectivity index (χ2v) is 13.7. The van der Waals surface area contributed by atoms with E-state index < -0.39 is 0 Å². The first kappa shape index (κ1) is 31.6. The van der Waals surface area contributed by atoms with Gasteiger partial charge < -0.3 is 9.47 Å². The second kappa shape index (κ2) is 13.4. The molecule has 10 aromatic rings. The fourth-order valence-electron chi connectivity index (χ4n) is 8.16. The molecule has 254 valence electrons. The molecule has 0 bridgehead atoms. The number of fused-ring (bicyclic) bond motifs is 4. The van der Waals surface area contributed by atoms with E-state index in [1.54, 1.807) is 0 Å². The maximum Gasteiger partial charge on any atom is 0.0618 e. The van der Waals surface area contributed by atoms with E-state index in [2.05, 4.69) is 228 Å². The molecule has 0 fully saturated rings. The van der Waals surface area contributed by atoms with Crippen LogP contribution < -0.4 is 4.90 Å². The summed E-state index contributed by atoms with van der Waals surface area (Å²) in [5, 5.41) is 4.82. The molecular formula is C52H36N2. The van der Waals surface area contributed by atoms with Gasteiger partial charge in [-0.1, -0.05) is 176 Å². The van der Waals surface area contributed by atoms with Crippen molar-refractivity contribution in [3.05, 3.63) is 218 Å². The summed E-state index contributed by atoms with van der Waals surface area (Å²) in [6.45, 7) is 0. The van der Waals surface area contributed by atoms with Crippen LogP contribution in [0.15, 0.2) is 218 Å². The first-order chi connectivity index (χ1) is 26.8. The van der Waals surface area contributed by atoms with Crippen molar-refractivity contribution < 1.29 is 0 Å². The van der Waals surface area contributed by atoms with Crippen LogP contribution in [0.4, 0.5) is 17.1 Å². The summed E-state index contributed by atoms with van der Waals surface area (Å²) < 4.78 is 2.50. The fourth-order valence-corrected chi connectivity index (χ4v) is 8.16. The van der Waals surface area contributed by atoms with Crippen molar-refractivity contribution in [2.24, 2.45) is 0 Å². The van der Waals surface area contributed by atoms with E-state index in [4.69, 9.17) is 0 Å². The Hall–Kier alpha value is -7.16. The molecule has 0 saturated carbocycles. The molecule has 0 aliphatic carbocycles. The van der Waals surface area contributed by atoms with Crippen LogP contribution in [0.3, 0.4) is 0 Å². The highest BCUT2D eigenvalue weighted by Gasteiger charge is 2.25. The third-order valence-corrected chi connectivity index (χ3v) is 10.5. The zero-order valence-corrected chi connectivity index (χ0v) is 29.7. The minimum Gasteiger partial charge on any atom is -0.309 e. The van der Waals surface area contributed by atoms with Crippen LogP contribution in [0, 0.1) is 0 Å². The zero-order valence-electron chi connectivity index (χ0n) is 29.7. The highest BCUT2D eigenvalue weighted by atomic mass is 15.2. The molecule has 0 atom stereocenters. The molecule has 54 heavy (non-hydrogen) atoms. The van der Waals surface area contributed by atoms with Gasteiger partial charge in [0.25, 0.3) is 0 Å². The molecule has 0 saturated heterocycles. The minimum absolute atomic E-state index is 1.10. The van der Waals surface area contributed by atoms with E-state index >= 15 is 0 Å². The van der Waals surface area contributed by atoms with Crippen molar-refractivity contribution in [3.63, 3.8) is 0 Å². The monoisotopic (exact) mass is 688 g/mol. The molecule has 9 aromatic carbocycles. The van der Waals surface area contributed by atoms with E-state index in [1.165, 1.54) is 60.6 Å². The van der Waals surface area contributed by atoms with Gasteiger partial charge in [0, 0.05) is 33.2 Å². The Morgan fingerprint density at radius 1 is 0.333 bits per heavy atom. The predicted octanol–water partition coefficient (Wildman–Crippen LogP) is 14.4. The van der Waals surface area contributed by atoms with Gasteiger partial charge in [-0.05, 0) is 69.9 Å². The third kappa shape index (κ3) is 5.36. The summed E-state index contributed by atoms with van der Waals surface area (Å²) in [5.74, 6) is 0. The second-order valence-electron chi connectivity index (χ2n) is 13.7. The average molecular weight is 689 g/mol. The van der Waals surface area contributed by atoms with E-state index in [0.29, 0.717) is 0 Å². The van der Waals surface area contributed by atoms with Crippen LogP contribution in [0.25, 0.3) is 71.6 Å². The summed E-state index contributed by atoms with van der Waals surface area (Å²) in [4.78, 5) is 2.47. The van der Waals surface area contributed by atoms with Crippen LogP contribution in [0.2, 0.25) is 0 Å². The van der Waals surface area contributed by atoms with Gasteiger partial charge >= 0.3 is 0 Å². The molecule has 0 aliphatic heterocycles. The summed E-state index contributed by atoms with van der Waals surface area (Å²) >= 11 is 0. The van der Waals surface area contributed by atoms with Gasteiger partial charge in [0.1, 0.15) is 0 Å². The van der Waals surface area contributed by atoms with E-state index in [1.807, 2.05) is 0 Å². The molecule has 0 amide bonds. The molecule has 0 radical (unpaired) electrons. The third-order valence-electron chi connectivity index (χ3n) is 10.5. The SMILES string of the molecule is c1ccc(-c2cc3ccccc3cc2N(c2ccccc2)c2cccc3c2c2ccccc2n3-c2c(-c3ccccc3)cccc2-c2ccccc2)cc1. The molecule has 0 unspecified atom stereocenters. The Bertz CT molecular complexity index is 2850. The van der Waals surface area contributed by atoms with Gasteiger partial charge in [0.2, 0.25) is 0 Å². The number of rotatable bonds is 7. The van der Waals surface area contributed by atoms with Crippen LogP contribution in [0.1, 0.15) is 0 Å². The van der Waals surface area contributed by atoms with E-state index in [-0.39, 0.29) is 0 Å². The minimum atomic E-state index is 1.10. The van der Waals surface area contributed by atoms with E-state index in [9.17, 15) is 0 Å². The molecule has 1 aromatic heterocycles. The molecule has 2 nitrogen and oxygen atoms in total. The van der Waals surface area contributed by atoms with Gasteiger partial charge in [0.15, 0.2) is 0 Å². The smallest absolute Gasteiger partial charge is 0.0618 e. The molecule has 0 N–H and O–H groups in total. The Morgan fingerprint density at radius 2 is 0.815 bits per heavy atom. The molecule has 1 heterocycles. The Kier molecular flexibility index (Phi) is 7.85. The lowest BCUT2D eigenvalue weighted by molar-refractivity contribution is 1.18. The lowest BCUT2D eigenvalue weighted by Gasteiger charge is -2.29. The van der Waals surface area contributed by atoms with Crippen LogP contribution in [0.5, 0.6) is 0 Å². The summed E-state index contributed by atoms with van der Waals surface area (Å²) in [5.41, 5.74) is 13.9. The van der Waals surface area contributed by atoms with E-state index in [0.717, 1.165) is 28.1 Å². The number of aromatic nitrogens is 1. The van der Waals surface area contributed by atoms with Crippen molar-refractivity contribution >= 4 is 49.6 Å². The quantitative estimate of drug-likeness (QED) is 0.162. The molecular weight excluding hydrogens is 653 g/mol. The molecule has 0 spiro atoms. The largest absolute Gasteiger partial charge is 0.309 e. The van der Waals surface area contributed by atoms with Gasteiger partial charge in [-0.15, -0.1) is 0 Å². The van der Waals surface area contributed by atoms with Gasteiger partial charge in [-0.2, -0.15) is 0 Å². The lowest BCUT2D eigenvalue weighted by atomic mass is 9.95. The predicted molar refractivity (Wildman–Crippen MR) is 229 cm³/mol. The molecule has 10 rings (SSSR count). The van der Waals surface area contributed by atoms with Gasteiger partial charge in [-0.3, -0.25) is 0 Å². The van der Waals surface area contributed by atoms with Crippen molar-refractivity contribution in [2.75, 3.05) is 4.90 Å². The normalized spacial score (nSPS) is 11.3. The highest BCUT2D eigenvalue weighted by Crippen LogP contribution is 2.49. The van der Waals surface area contributed by atoms with Gasteiger partial charge in [0.05, 0.1) is 28.1 Å². The maximum atomic E-state index is 2.50. The zero-order chi connectivity index (χ0) is 35.8. The first-order valence-electron chi connectivity index (χ1n) is 18.5. The summed E-state index contributed by atoms with van der Waals surface area (Å²) in [6, 6.07) is 78.9. The Morgan fingerprint density at radius 3 is 1.44 bits per heavy atom. The maximum absolute atomic E-state index is 2.50. The van der Waals surface area contributed by atoms with Crippen molar-refractivity contribution in [1.82, 2.24) is 4.57 Å². The topological polar surface area (TPSA) is 8.17 Å². The lowest BCUT2D eigenvalue weighted by Crippen LogP contribution is -2.12. The highest BCUT2D eigenvalue weighted by molar-refractivity contribution is 6.18. The number of benzene rings is 9. The number of nitrogens with zero attached hydrogens (tertiary/aromatic N) is 2. The number of para-hydroxylation sites is 3. The van der Waals surface area contributed by atoms with Crippen LogP contribution >= 0.6 is 0 Å². The van der Waals surface area contributed by atoms with Crippen molar-refractivity contribution in [2.45, 2.75) is 0 Å². The Labute approximate surface area is 315 Å². The van der Waals surface area contributed by atoms with Crippen molar-refractivity contribution in [1.29, 1.82) is 0 Å². The molecule has 0 aliphatic rings. The standard InChI is InChI=1S/C52H36N2/c1-5-19-37(20-6-1)43-30-17-31-44(38-21-7-2-8-22-38)52(43)54-47-32-16-15-29-45(47)51-48(33-18-34-49(51)54)53(42-27-11-4-12-28-42)50-36-41-26-14-13-25-40(41)35-46(50)39-23-9-3-10-24-39/h1-36H. The summed E-state index contributed by atoms with van der Waals surface area (Å²) in [6.07, 6.45) is 0. The number of anilines is 3. The van der Waals surface area contributed by atoms with Crippen molar-refractivity contribution in [3.8, 4) is 39.1 Å².